The molecule has 0 radical (unpaired) electrons. The fourth-order valence-electron chi connectivity index (χ4n) is 1.71. The molecule has 0 aliphatic rings. The van der Waals surface area contributed by atoms with E-state index in [1.54, 1.807) is 0 Å². The number of nitrogens with zero attached hydrogens (tertiary/aromatic N) is 1. The second-order valence-corrected chi connectivity index (χ2v) is 4.04. The molecule has 0 bridgehead atoms. The Balaban J connectivity index is 3.87. The van der Waals surface area contributed by atoms with Crippen LogP contribution in [0, 0.1) is 11.8 Å². The highest BCUT2D eigenvalue weighted by Gasteiger charge is 2.13. The van der Waals surface area contributed by atoms with Crippen LogP contribution in [0.25, 0.3) is 0 Å². The van der Waals surface area contributed by atoms with Crippen LogP contribution in [0.4, 0.5) is 0 Å². The monoisotopic (exact) mass is 198 g/mol. The van der Waals surface area contributed by atoms with Crippen LogP contribution in [0.1, 0.15) is 40.0 Å². The standard InChI is InChI=1S/C12H26N2/c1-5-7-11(3)12(9-13-4)10-14-8-6-2/h9,11-12,14H,5-8,10H2,1-4H3/b13-9+/t11-,12+/m1/s1. The van der Waals surface area contributed by atoms with Crippen molar-refractivity contribution in [2.45, 2.75) is 40.0 Å². The molecule has 0 aliphatic carbocycles. The quantitative estimate of drug-likeness (QED) is 0.471. The zero-order chi connectivity index (χ0) is 10.8. The molecule has 0 heterocycles. The Hall–Kier alpha value is -0.370. The van der Waals surface area contributed by atoms with Crippen LogP contribution in [0.2, 0.25) is 0 Å². The van der Waals surface area contributed by atoms with Gasteiger partial charge in [0, 0.05) is 25.7 Å². The summed E-state index contributed by atoms with van der Waals surface area (Å²) in [5.41, 5.74) is 0. The highest BCUT2D eigenvalue weighted by molar-refractivity contribution is 5.61. The SMILES string of the molecule is CCCNC[C@H](/C=N/C)[C@H](C)CCC. The maximum Gasteiger partial charge on any atom is 0.0273 e. The first-order valence-electron chi connectivity index (χ1n) is 5.89. The van der Waals surface area contributed by atoms with E-state index in [1.807, 2.05) is 7.05 Å². The van der Waals surface area contributed by atoms with Crippen molar-refractivity contribution in [3.63, 3.8) is 0 Å². The Morgan fingerprint density at radius 2 is 2.00 bits per heavy atom. The van der Waals surface area contributed by atoms with E-state index in [1.165, 1.54) is 19.3 Å². The molecule has 0 saturated carbocycles. The van der Waals surface area contributed by atoms with Gasteiger partial charge in [0.1, 0.15) is 0 Å². The smallest absolute Gasteiger partial charge is 0.0273 e. The number of aliphatic imine (C=N–C) groups is 1. The van der Waals surface area contributed by atoms with Crippen LogP contribution in [-0.4, -0.2) is 26.4 Å². The number of nitrogens with one attached hydrogen (secondary N) is 1. The summed E-state index contributed by atoms with van der Waals surface area (Å²) in [7, 11) is 1.87. The van der Waals surface area contributed by atoms with E-state index in [0.717, 1.165) is 19.0 Å². The summed E-state index contributed by atoms with van der Waals surface area (Å²) in [4.78, 5) is 4.15. The van der Waals surface area contributed by atoms with Crippen molar-refractivity contribution in [1.82, 2.24) is 5.32 Å². The summed E-state index contributed by atoms with van der Waals surface area (Å²) in [5.74, 6) is 1.35. The summed E-state index contributed by atoms with van der Waals surface area (Å²) in [5, 5.41) is 3.47. The third-order valence-corrected chi connectivity index (χ3v) is 2.62. The van der Waals surface area contributed by atoms with E-state index >= 15 is 0 Å². The first-order valence-corrected chi connectivity index (χ1v) is 5.89. The molecule has 84 valence electrons. The molecule has 1 N–H and O–H groups in total. The maximum absolute atomic E-state index is 4.15. The molecule has 0 rings (SSSR count). The predicted molar refractivity (Wildman–Crippen MR) is 65.1 cm³/mol. The van der Waals surface area contributed by atoms with Crippen LogP contribution in [0.15, 0.2) is 4.99 Å². The van der Waals surface area contributed by atoms with Gasteiger partial charge in [-0.1, -0.05) is 33.6 Å². The van der Waals surface area contributed by atoms with Gasteiger partial charge < -0.3 is 10.3 Å². The third kappa shape index (κ3) is 6.14. The van der Waals surface area contributed by atoms with Crippen LogP contribution in [-0.2, 0) is 0 Å². The maximum atomic E-state index is 4.15. The normalized spacial score (nSPS) is 16.0. The number of hydrogen-bond acceptors (Lipinski definition) is 2. The van der Waals surface area contributed by atoms with Gasteiger partial charge in [0.25, 0.3) is 0 Å². The van der Waals surface area contributed by atoms with Crippen LogP contribution >= 0.6 is 0 Å². The third-order valence-electron chi connectivity index (χ3n) is 2.62. The molecule has 0 aromatic carbocycles. The zero-order valence-electron chi connectivity index (χ0n) is 10.2. The van der Waals surface area contributed by atoms with E-state index in [4.69, 9.17) is 0 Å². The predicted octanol–water partition coefficient (Wildman–Crippen LogP) is 2.74. The number of rotatable bonds is 8. The van der Waals surface area contributed by atoms with Crippen LogP contribution < -0.4 is 5.32 Å². The molecule has 0 fully saturated rings. The van der Waals surface area contributed by atoms with Crippen molar-refractivity contribution in [3.05, 3.63) is 0 Å². The van der Waals surface area contributed by atoms with E-state index in [0.29, 0.717) is 5.92 Å². The molecule has 2 heteroatoms. The molecule has 0 aromatic heterocycles. The van der Waals surface area contributed by atoms with Gasteiger partial charge in [0.2, 0.25) is 0 Å². The molecule has 14 heavy (non-hydrogen) atoms. The lowest BCUT2D eigenvalue weighted by atomic mass is 9.91. The summed E-state index contributed by atoms with van der Waals surface area (Å²) in [6.45, 7) is 8.96. The van der Waals surface area contributed by atoms with Crippen molar-refractivity contribution >= 4 is 6.21 Å². The van der Waals surface area contributed by atoms with Gasteiger partial charge in [-0.15, -0.1) is 0 Å². The molecule has 2 nitrogen and oxygen atoms in total. The topological polar surface area (TPSA) is 24.4 Å². The molecule has 0 aliphatic heterocycles. The summed E-state index contributed by atoms with van der Waals surface area (Å²) in [6, 6.07) is 0. The van der Waals surface area contributed by atoms with Crippen molar-refractivity contribution in [3.8, 4) is 0 Å². The van der Waals surface area contributed by atoms with Crippen molar-refractivity contribution < 1.29 is 0 Å². The average molecular weight is 198 g/mol. The fraction of sp³-hybridized carbons (Fsp3) is 0.917. The minimum absolute atomic E-state index is 0.603. The lowest BCUT2D eigenvalue weighted by molar-refractivity contribution is 0.404. The Kier molecular flexibility index (Phi) is 8.95. The summed E-state index contributed by atoms with van der Waals surface area (Å²) >= 11 is 0. The van der Waals surface area contributed by atoms with Gasteiger partial charge in [-0.3, -0.25) is 0 Å². The van der Waals surface area contributed by atoms with E-state index in [9.17, 15) is 0 Å². The van der Waals surface area contributed by atoms with Gasteiger partial charge in [-0.05, 0) is 18.9 Å². The van der Waals surface area contributed by atoms with Crippen molar-refractivity contribution in [1.29, 1.82) is 0 Å². The van der Waals surface area contributed by atoms with E-state index in [2.05, 4.69) is 37.3 Å². The van der Waals surface area contributed by atoms with Gasteiger partial charge in [-0.2, -0.15) is 0 Å². The van der Waals surface area contributed by atoms with E-state index in [-0.39, 0.29) is 0 Å². The van der Waals surface area contributed by atoms with Crippen LogP contribution in [0.5, 0.6) is 0 Å². The Morgan fingerprint density at radius 1 is 1.29 bits per heavy atom. The molecule has 0 saturated heterocycles. The Morgan fingerprint density at radius 3 is 2.50 bits per heavy atom. The molecule has 0 unspecified atom stereocenters. The molecular formula is C12H26N2. The van der Waals surface area contributed by atoms with Crippen LogP contribution in [0.3, 0.4) is 0 Å². The first-order chi connectivity index (χ1) is 6.76. The number of hydrogen-bond donors (Lipinski definition) is 1. The molecular weight excluding hydrogens is 172 g/mol. The first kappa shape index (κ1) is 13.6. The minimum atomic E-state index is 0.603. The largest absolute Gasteiger partial charge is 0.316 e. The lowest BCUT2D eigenvalue weighted by Crippen LogP contribution is -2.28. The minimum Gasteiger partial charge on any atom is -0.316 e. The fourth-order valence-corrected chi connectivity index (χ4v) is 1.71. The van der Waals surface area contributed by atoms with Crippen molar-refractivity contribution in [2.24, 2.45) is 16.8 Å². The van der Waals surface area contributed by atoms with Gasteiger partial charge >= 0.3 is 0 Å². The highest BCUT2D eigenvalue weighted by Crippen LogP contribution is 2.14. The van der Waals surface area contributed by atoms with Gasteiger partial charge in [0.15, 0.2) is 0 Å². The second kappa shape index (κ2) is 9.20. The van der Waals surface area contributed by atoms with Gasteiger partial charge in [-0.25, -0.2) is 0 Å². The summed E-state index contributed by atoms with van der Waals surface area (Å²) in [6.07, 6.45) is 5.87. The second-order valence-electron chi connectivity index (χ2n) is 4.04. The molecule has 0 amide bonds. The van der Waals surface area contributed by atoms with Crippen molar-refractivity contribution in [2.75, 3.05) is 20.1 Å². The molecule has 2 atom stereocenters. The highest BCUT2D eigenvalue weighted by atomic mass is 14.9. The molecule has 0 aromatic rings. The zero-order valence-corrected chi connectivity index (χ0v) is 10.2. The van der Waals surface area contributed by atoms with Gasteiger partial charge in [0.05, 0.1) is 0 Å². The molecule has 0 spiro atoms. The van der Waals surface area contributed by atoms with E-state index < -0.39 is 0 Å². The Bertz CT molecular complexity index is 143. The Labute approximate surface area is 89.2 Å². The lowest BCUT2D eigenvalue weighted by Gasteiger charge is -2.20. The average Bonchev–Trinajstić information content (AvgIpc) is 2.17. The summed E-state index contributed by atoms with van der Waals surface area (Å²) < 4.78 is 0.